The van der Waals surface area contributed by atoms with E-state index in [2.05, 4.69) is 4.98 Å². The average Bonchev–Trinajstić information content (AvgIpc) is 2.82. The van der Waals surface area contributed by atoms with E-state index in [0.717, 1.165) is 22.9 Å². The molecular weight excluding hydrogens is 252 g/mol. The molecule has 94 valence electrons. The molecule has 0 aromatic carbocycles. The number of pyridine rings is 2. The normalized spacial score (nSPS) is 19.6. The number of hydrogen-bond donors (Lipinski definition) is 0. The van der Waals surface area contributed by atoms with Crippen molar-refractivity contribution in [1.29, 1.82) is 0 Å². The zero-order valence-corrected chi connectivity index (χ0v) is 10.8. The predicted octanol–water partition coefficient (Wildman–Crippen LogP) is 2.32. The Morgan fingerprint density at radius 3 is 3.06 bits per heavy atom. The lowest BCUT2D eigenvalue weighted by Crippen LogP contribution is -2.25. The second kappa shape index (κ2) is 4.37. The minimum absolute atomic E-state index is 0.00207. The van der Waals surface area contributed by atoms with Gasteiger partial charge in [0.2, 0.25) is 0 Å². The Bertz CT molecular complexity index is 660. The summed E-state index contributed by atoms with van der Waals surface area (Å²) in [4.78, 5) is 16.3. The Kier molecular flexibility index (Phi) is 2.84. The van der Waals surface area contributed by atoms with Crippen LogP contribution in [0.15, 0.2) is 23.1 Å². The van der Waals surface area contributed by atoms with Gasteiger partial charge in [0.1, 0.15) is 5.15 Å². The fourth-order valence-corrected chi connectivity index (χ4v) is 2.63. The van der Waals surface area contributed by atoms with Gasteiger partial charge in [0.15, 0.2) is 0 Å². The SMILES string of the molecule is Cc1cc(=O)n([C@H]2CCOC2)c2cc(Cl)ncc12. The van der Waals surface area contributed by atoms with Crippen LogP contribution in [0.4, 0.5) is 0 Å². The highest BCUT2D eigenvalue weighted by molar-refractivity contribution is 6.30. The molecule has 3 heterocycles. The summed E-state index contributed by atoms with van der Waals surface area (Å²) >= 11 is 5.94. The molecule has 18 heavy (non-hydrogen) atoms. The van der Waals surface area contributed by atoms with E-state index in [-0.39, 0.29) is 11.6 Å². The summed E-state index contributed by atoms with van der Waals surface area (Å²) in [6, 6.07) is 3.50. The first-order chi connectivity index (χ1) is 8.66. The van der Waals surface area contributed by atoms with Crippen molar-refractivity contribution in [3.05, 3.63) is 39.4 Å². The van der Waals surface area contributed by atoms with Gasteiger partial charge in [-0.25, -0.2) is 4.98 Å². The summed E-state index contributed by atoms with van der Waals surface area (Å²) in [6.45, 7) is 3.19. The molecule has 2 aromatic heterocycles. The fourth-order valence-electron chi connectivity index (χ4n) is 2.48. The van der Waals surface area contributed by atoms with Crippen molar-refractivity contribution >= 4 is 22.5 Å². The van der Waals surface area contributed by atoms with Crippen LogP contribution >= 0.6 is 11.6 Å². The van der Waals surface area contributed by atoms with Gasteiger partial charge in [-0.1, -0.05) is 11.6 Å². The first-order valence-corrected chi connectivity index (χ1v) is 6.30. The average molecular weight is 265 g/mol. The number of halogens is 1. The molecule has 0 saturated carbocycles. The Morgan fingerprint density at radius 1 is 1.50 bits per heavy atom. The van der Waals surface area contributed by atoms with Crippen LogP contribution in [-0.4, -0.2) is 22.8 Å². The van der Waals surface area contributed by atoms with Gasteiger partial charge in [0.05, 0.1) is 18.2 Å². The van der Waals surface area contributed by atoms with E-state index in [1.807, 2.05) is 6.92 Å². The summed E-state index contributed by atoms with van der Waals surface area (Å²) in [5, 5.41) is 1.37. The summed E-state index contributed by atoms with van der Waals surface area (Å²) in [5.41, 5.74) is 1.77. The van der Waals surface area contributed by atoms with Crippen molar-refractivity contribution in [3.8, 4) is 0 Å². The van der Waals surface area contributed by atoms with Crippen LogP contribution in [-0.2, 0) is 4.74 Å². The van der Waals surface area contributed by atoms with Gasteiger partial charge < -0.3 is 9.30 Å². The van der Waals surface area contributed by atoms with E-state index in [0.29, 0.717) is 18.4 Å². The standard InChI is InChI=1S/C13H13ClN2O2/c1-8-4-13(17)16(9-2-3-18-7-9)11-5-12(14)15-6-10(8)11/h4-6,9H,2-3,7H2,1H3/t9-/m0/s1. The molecule has 0 N–H and O–H groups in total. The smallest absolute Gasteiger partial charge is 0.251 e. The van der Waals surface area contributed by atoms with Crippen LogP contribution in [0.25, 0.3) is 10.9 Å². The molecule has 0 aliphatic carbocycles. The highest BCUT2D eigenvalue weighted by atomic mass is 35.5. The highest BCUT2D eigenvalue weighted by Gasteiger charge is 2.21. The number of fused-ring (bicyclic) bond motifs is 1. The first-order valence-electron chi connectivity index (χ1n) is 5.92. The van der Waals surface area contributed by atoms with Gasteiger partial charge in [-0.15, -0.1) is 0 Å². The van der Waals surface area contributed by atoms with E-state index >= 15 is 0 Å². The molecule has 1 aliphatic rings. The Balaban J connectivity index is 2.34. The van der Waals surface area contributed by atoms with E-state index in [1.54, 1.807) is 22.9 Å². The third-order valence-corrected chi connectivity index (χ3v) is 3.59. The molecule has 3 rings (SSSR count). The van der Waals surface area contributed by atoms with Crippen molar-refractivity contribution in [2.75, 3.05) is 13.2 Å². The molecule has 1 fully saturated rings. The lowest BCUT2D eigenvalue weighted by Gasteiger charge is -2.16. The van der Waals surface area contributed by atoms with Gasteiger partial charge in [-0.05, 0) is 25.0 Å². The van der Waals surface area contributed by atoms with Crippen LogP contribution < -0.4 is 5.56 Å². The molecule has 1 saturated heterocycles. The van der Waals surface area contributed by atoms with Crippen LogP contribution in [0.5, 0.6) is 0 Å². The molecule has 1 aliphatic heterocycles. The summed E-state index contributed by atoms with van der Waals surface area (Å²) < 4.78 is 7.15. The minimum Gasteiger partial charge on any atom is -0.379 e. The molecule has 0 amide bonds. The third kappa shape index (κ3) is 1.82. The molecule has 1 atom stereocenters. The molecule has 5 heteroatoms. The largest absolute Gasteiger partial charge is 0.379 e. The molecule has 0 spiro atoms. The van der Waals surface area contributed by atoms with Gasteiger partial charge in [-0.3, -0.25) is 4.79 Å². The van der Waals surface area contributed by atoms with Gasteiger partial charge in [-0.2, -0.15) is 0 Å². The van der Waals surface area contributed by atoms with E-state index < -0.39 is 0 Å². The second-order valence-electron chi connectivity index (χ2n) is 4.58. The van der Waals surface area contributed by atoms with Crippen LogP contribution in [0.2, 0.25) is 5.15 Å². The van der Waals surface area contributed by atoms with Gasteiger partial charge in [0, 0.05) is 24.3 Å². The van der Waals surface area contributed by atoms with Crippen LogP contribution in [0, 0.1) is 6.92 Å². The maximum absolute atomic E-state index is 12.2. The first kappa shape index (κ1) is 11.7. The quantitative estimate of drug-likeness (QED) is 0.743. The highest BCUT2D eigenvalue weighted by Crippen LogP contribution is 2.25. The maximum atomic E-state index is 12.2. The lowest BCUT2D eigenvalue weighted by molar-refractivity contribution is 0.186. The zero-order valence-electron chi connectivity index (χ0n) is 10.0. The molecular formula is C13H13ClN2O2. The number of ether oxygens (including phenoxy) is 1. The number of nitrogens with zero attached hydrogens (tertiary/aromatic N) is 2. The van der Waals surface area contributed by atoms with Crippen molar-refractivity contribution < 1.29 is 4.74 Å². The predicted molar refractivity (Wildman–Crippen MR) is 70.2 cm³/mol. The third-order valence-electron chi connectivity index (χ3n) is 3.38. The van der Waals surface area contributed by atoms with Crippen molar-refractivity contribution in [2.45, 2.75) is 19.4 Å². The molecule has 0 bridgehead atoms. The van der Waals surface area contributed by atoms with Crippen molar-refractivity contribution in [1.82, 2.24) is 9.55 Å². The van der Waals surface area contributed by atoms with E-state index in [1.165, 1.54) is 0 Å². The topological polar surface area (TPSA) is 44.1 Å². The summed E-state index contributed by atoms with van der Waals surface area (Å²) in [5.74, 6) is 0. The monoisotopic (exact) mass is 264 g/mol. The Labute approximate surface area is 109 Å². The summed E-state index contributed by atoms with van der Waals surface area (Å²) in [7, 11) is 0. The molecule has 0 radical (unpaired) electrons. The minimum atomic E-state index is -0.00207. The van der Waals surface area contributed by atoms with Gasteiger partial charge in [0.25, 0.3) is 5.56 Å². The number of aryl methyl sites for hydroxylation is 1. The Morgan fingerprint density at radius 2 is 2.33 bits per heavy atom. The lowest BCUT2D eigenvalue weighted by atomic mass is 10.1. The van der Waals surface area contributed by atoms with Crippen molar-refractivity contribution in [2.24, 2.45) is 0 Å². The molecule has 0 unspecified atom stereocenters. The zero-order chi connectivity index (χ0) is 12.7. The molecule has 4 nitrogen and oxygen atoms in total. The fraction of sp³-hybridized carbons (Fsp3) is 0.385. The van der Waals surface area contributed by atoms with Crippen molar-refractivity contribution in [3.63, 3.8) is 0 Å². The number of hydrogen-bond acceptors (Lipinski definition) is 3. The summed E-state index contributed by atoms with van der Waals surface area (Å²) in [6.07, 6.45) is 2.58. The molecule has 2 aromatic rings. The Hall–Kier alpha value is -1.39. The number of aromatic nitrogens is 2. The van der Waals surface area contributed by atoms with Crippen LogP contribution in [0.3, 0.4) is 0 Å². The van der Waals surface area contributed by atoms with E-state index in [4.69, 9.17) is 16.3 Å². The van der Waals surface area contributed by atoms with Crippen LogP contribution in [0.1, 0.15) is 18.0 Å². The maximum Gasteiger partial charge on any atom is 0.251 e. The van der Waals surface area contributed by atoms with Gasteiger partial charge >= 0.3 is 0 Å². The van der Waals surface area contributed by atoms with E-state index in [9.17, 15) is 4.79 Å². The second-order valence-corrected chi connectivity index (χ2v) is 4.96. The number of rotatable bonds is 1.